The molecule has 1 atom stereocenters. The molecule has 7 heteroatoms. The van der Waals surface area contributed by atoms with E-state index in [1.807, 2.05) is 6.07 Å². The van der Waals surface area contributed by atoms with Gasteiger partial charge in [-0.05, 0) is 62.2 Å². The number of benzene rings is 2. The molecular formula is C21H27N3O3S. The quantitative estimate of drug-likeness (QED) is 0.778. The van der Waals surface area contributed by atoms with Gasteiger partial charge in [0.15, 0.2) is 0 Å². The highest BCUT2D eigenvalue weighted by Crippen LogP contribution is 2.29. The summed E-state index contributed by atoms with van der Waals surface area (Å²) in [6.45, 7) is 3.97. The number of amides is 1. The molecular weight excluding hydrogens is 374 g/mol. The molecule has 0 radical (unpaired) electrons. The normalized spacial score (nSPS) is 17.2. The zero-order valence-electron chi connectivity index (χ0n) is 16.0. The molecule has 0 saturated carbocycles. The molecule has 1 unspecified atom stereocenters. The third kappa shape index (κ3) is 4.98. The summed E-state index contributed by atoms with van der Waals surface area (Å²) < 4.78 is 22.6. The van der Waals surface area contributed by atoms with Crippen molar-refractivity contribution >= 4 is 21.6 Å². The molecule has 150 valence electrons. The van der Waals surface area contributed by atoms with Crippen LogP contribution >= 0.6 is 0 Å². The Balaban J connectivity index is 1.56. The lowest BCUT2D eigenvalue weighted by Crippen LogP contribution is -2.40. The summed E-state index contributed by atoms with van der Waals surface area (Å²) in [6.07, 6.45) is 2.66. The van der Waals surface area contributed by atoms with Gasteiger partial charge in [0.05, 0.1) is 4.90 Å². The fraction of sp³-hybridized carbons (Fsp3) is 0.381. The van der Waals surface area contributed by atoms with Gasteiger partial charge >= 0.3 is 0 Å². The summed E-state index contributed by atoms with van der Waals surface area (Å²) in [5.41, 5.74) is 1.90. The van der Waals surface area contributed by atoms with Gasteiger partial charge in [-0.25, -0.2) is 13.6 Å². The van der Waals surface area contributed by atoms with Gasteiger partial charge in [-0.15, -0.1) is 0 Å². The Labute approximate surface area is 166 Å². The van der Waals surface area contributed by atoms with E-state index in [0.717, 1.165) is 32.4 Å². The average molecular weight is 402 g/mol. The maximum absolute atomic E-state index is 12.6. The molecule has 1 heterocycles. The second kappa shape index (κ2) is 8.86. The van der Waals surface area contributed by atoms with Gasteiger partial charge in [0, 0.05) is 17.6 Å². The predicted octanol–water partition coefficient (Wildman–Crippen LogP) is 3.14. The largest absolute Gasteiger partial charge is 0.326 e. The minimum absolute atomic E-state index is 0.0178. The molecule has 28 heavy (non-hydrogen) atoms. The number of nitrogens with two attached hydrogens (primary N) is 1. The lowest BCUT2D eigenvalue weighted by molar-refractivity contribution is -0.121. The molecule has 1 fully saturated rings. The van der Waals surface area contributed by atoms with Crippen molar-refractivity contribution in [2.24, 2.45) is 11.1 Å². The summed E-state index contributed by atoms with van der Waals surface area (Å²) in [5.74, 6) is -0.0572. The summed E-state index contributed by atoms with van der Waals surface area (Å²) in [7, 11) is -3.73. The van der Waals surface area contributed by atoms with Crippen molar-refractivity contribution in [2.75, 3.05) is 18.4 Å². The van der Waals surface area contributed by atoms with Crippen LogP contribution in [0.1, 0.15) is 37.8 Å². The van der Waals surface area contributed by atoms with E-state index in [2.05, 4.69) is 41.4 Å². The van der Waals surface area contributed by atoms with Crippen LogP contribution in [0, 0.1) is 5.92 Å². The van der Waals surface area contributed by atoms with Crippen LogP contribution < -0.4 is 10.5 Å². The number of hydrogen-bond acceptors (Lipinski definition) is 4. The SMILES string of the molecule is CCC(c1ccccc1)N1CCC(C(=O)Nc2ccc(S(N)(=O)=O)cc2)CC1. The molecule has 6 nitrogen and oxygen atoms in total. The van der Waals surface area contributed by atoms with Crippen LogP contribution in [0.15, 0.2) is 59.5 Å². The Hall–Kier alpha value is -2.22. The number of primary sulfonamides is 1. The highest BCUT2D eigenvalue weighted by molar-refractivity contribution is 7.89. The third-order valence-corrected chi connectivity index (χ3v) is 6.29. The number of nitrogens with zero attached hydrogens (tertiary/aromatic N) is 1. The molecule has 0 aliphatic carbocycles. The van der Waals surface area contributed by atoms with Crippen LogP contribution in [-0.4, -0.2) is 32.3 Å². The van der Waals surface area contributed by atoms with Gasteiger partial charge in [0.2, 0.25) is 15.9 Å². The van der Waals surface area contributed by atoms with Gasteiger partial charge in [-0.3, -0.25) is 9.69 Å². The van der Waals surface area contributed by atoms with E-state index < -0.39 is 10.0 Å². The van der Waals surface area contributed by atoms with Crippen molar-refractivity contribution in [2.45, 2.75) is 37.1 Å². The number of hydrogen-bond donors (Lipinski definition) is 2. The van der Waals surface area contributed by atoms with Gasteiger partial charge < -0.3 is 5.32 Å². The molecule has 0 aromatic heterocycles. The van der Waals surface area contributed by atoms with Crippen LogP contribution in [0.5, 0.6) is 0 Å². The van der Waals surface area contributed by atoms with E-state index in [1.54, 1.807) is 12.1 Å². The number of piperidine rings is 1. The zero-order valence-corrected chi connectivity index (χ0v) is 16.9. The zero-order chi connectivity index (χ0) is 20.1. The summed E-state index contributed by atoms with van der Waals surface area (Å²) >= 11 is 0. The predicted molar refractivity (Wildman–Crippen MR) is 110 cm³/mol. The topological polar surface area (TPSA) is 92.5 Å². The van der Waals surface area contributed by atoms with Gasteiger partial charge in [-0.2, -0.15) is 0 Å². The molecule has 0 spiro atoms. The lowest BCUT2D eigenvalue weighted by atomic mass is 9.92. The van der Waals surface area contributed by atoms with Gasteiger partial charge in [0.25, 0.3) is 0 Å². The van der Waals surface area contributed by atoms with Crippen molar-refractivity contribution in [1.82, 2.24) is 4.90 Å². The number of carbonyl (C=O) groups is 1. The number of anilines is 1. The smallest absolute Gasteiger partial charge is 0.238 e. The van der Waals surface area contributed by atoms with Crippen molar-refractivity contribution < 1.29 is 13.2 Å². The number of carbonyl (C=O) groups excluding carboxylic acids is 1. The number of nitrogens with one attached hydrogen (secondary N) is 1. The Kier molecular flexibility index (Phi) is 6.49. The molecule has 3 rings (SSSR count). The minimum atomic E-state index is -3.73. The summed E-state index contributed by atoms with van der Waals surface area (Å²) in [5, 5.41) is 7.98. The van der Waals surface area contributed by atoms with E-state index >= 15 is 0 Å². The Morgan fingerprint density at radius 3 is 2.25 bits per heavy atom. The van der Waals surface area contributed by atoms with E-state index in [4.69, 9.17) is 5.14 Å². The van der Waals surface area contributed by atoms with E-state index in [1.165, 1.54) is 17.7 Å². The van der Waals surface area contributed by atoms with Crippen LogP contribution in [0.4, 0.5) is 5.69 Å². The first-order valence-electron chi connectivity index (χ1n) is 9.61. The molecule has 3 N–H and O–H groups in total. The second-order valence-corrected chi connectivity index (χ2v) is 8.77. The van der Waals surface area contributed by atoms with Gasteiger partial charge in [0.1, 0.15) is 0 Å². The molecule has 1 aliphatic heterocycles. The highest BCUT2D eigenvalue weighted by Gasteiger charge is 2.28. The Morgan fingerprint density at radius 2 is 1.71 bits per heavy atom. The average Bonchev–Trinajstić information content (AvgIpc) is 2.69. The van der Waals surface area contributed by atoms with Crippen LogP contribution in [0.25, 0.3) is 0 Å². The first-order valence-corrected chi connectivity index (χ1v) is 11.2. The molecule has 2 aromatic carbocycles. The first kappa shape index (κ1) is 20.5. The van der Waals surface area contributed by atoms with Crippen LogP contribution in [0.3, 0.4) is 0 Å². The van der Waals surface area contributed by atoms with Crippen LogP contribution in [-0.2, 0) is 14.8 Å². The van der Waals surface area contributed by atoms with Crippen molar-refractivity contribution in [3.05, 3.63) is 60.2 Å². The minimum Gasteiger partial charge on any atom is -0.326 e. The third-order valence-electron chi connectivity index (χ3n) is 5.36. The van der Waals surface area contributed by atoms with E-state index in [9.17, 15) is 13.2 Å². The summed E-state index contributed by atoms with van der Waals surface area (Å²) in [4.78, 5) is 15.1. The Morgan fingerprint density at radius 1 is 1.11 bits per heavy atom. The van der Waals surface area contributed by atoms with Crippen molar-refractivity contribution in [1.29, 1.82) is 0 Å². The first-order chi connectivity index (χ1) is 13.4. The molecule has 1 saturated heterocycles. The molecule has 0 bridgehead atoms. The fourth-order valence-corrected chi connectivity index (χ4v) is 4.34. The standard InChI is InChI=1S/C21H27N3O3S/c1-2-20(16-6-4-3-5-7-16)24-14-12-17(13-15-24)21(25)23-18-8-10-19(11-9-18)28(22,26)27/h3-11,17,20H,2,12-15H2,1H3,(H,23,25)(H2,22,26,27). The maximum atomic E-state index is 12.6. The fourth-order valence-electron chi connectivity index (χ4n) is 3.83. The number of sulfonamides is 1. The second-order valence-electron chi connectivity index (χ2n) is 7.20. The lowest BCUT2D eigenvalue weighted by Gasteiger charge is -2.37. The van der Waals surface area contributed by atoms with E-state index in [0.29, 0.717) is 11.7 Å². The highest BCUT2D eigenvalue weighted by atomic mass is 32.2. The number of likely N-dealkylation sites (tertiary alicyclic amines) is 1. The Bertz CT molecular complexity index is 890. The van der Waals surface area contributed by atoms with Crippen molar-refractivity contribution in [3.8, 4) is 0 Å². The molecule has 1 aliphatic rings. The van der Waals surface area contributed by atoms with E-state index in [-0.39, 0.29) is 16.7 Å². The van der Waals surface area contributed by atoms with Crippen molar-refractivity contribution in [3.63, 3.8) is 0 Å². The monoisotopic (exact) mass is 401 g/mol. The summed E-state index contributed by atoms with van der Waals surface area (Å²) in [6, 6.07) is 16.8. The number of rotatable bonds is 6. The maximum Gasteiger partial charge on any atom is 0.238 e. The van der Waals surface area contributed by atoms with Crippen LogP contribution in [0.2, 0.25) is 0 Å². The molecule has 2 aromatic rings. The molecule has 1 amide bonds. The van der Waals surface area contributed by atoms with Gasteiger partial charge in [-0.1, -0.05) is 37.3 Å².